The Balaban J connectivity index is 0.000000452. The summed E-state index contributed by atoms with van der Waals surface area (Å²) in [6, 6.07) is 0. The first-order valence-electron chi connectivity index (χ1n) is 9.11. The van der Waals surface area contributed by atoms with E-state index in [1.54, 1.807) is 0 Å². The lowest BCUT2D eigenvalue weighted by Gasteiger charge is -2.01. The molecule has 0 spiro atoms. The van der Waals surface area contributed by atoms with E-state index in [2.05, 4.69) is 18.6 Å². The van der Waals surface area contributed by atoms with Gasteiger partial charge in [-0.05, 0) is 13.3 Å². The highest BCUT2D eigenvalue weighted by atomic mass is 16.6. The lowest BCUT2D eigenvalue weighted by Crippen LogP contribution is -1.84. The molecule has 128 valence electrons. The maximum atomic E-state index is 8.59. The molecule has 2 saturated heterocycles. The predicted molar refractivity (Wildman–Crippen MR) is 89.8 cm³/mol. The van der Waals surface area contributed by atoms with Gasteiger partial charge in [0.05, 0.1) is 25.9 Å². The summed E-state index contributed by atoms with van der Waals surface area (Å²) in [7, 11) is 0. The molecular formula is C18H38O3. The largest absolute Gasteiger partial charge is 0.396 e. The Morgan fingerprint density at radius 2 is 1.14 bits per heavy atom. The summed E-state index contributed by atoms with van der Waals surface area (Å²) >= 11 is 0. The minimum Gasteiger partial charge on any atom is -0.396 e. The van der Waals surface area contributed by atoms with E-state index >= 15 is 0 Å². The van der Waals surface area contributed by atoms with Crippen LogP contribution in [0.4, 0.5) is 0 Å². The summed E-state index contributed by atoms with van der Waals surface area (Å²) in [6.45, 7) is 7.68. The van der Waals surface area contributed by atoms with E-state index in [4.69, 9.17) is 9.84 Å². The number of hydrogen-bond donors (Lipinski definition) is 1. The van der Waals surface area contributed by atoms with Crippen LogP contribution in [0, 0.1) is 0 Å². The van der Waals surface area contributed by atoms with E-state index in [9.17, 15) is 0 Å². The summed E-state index contributed by atoms with van der Waals surface area (Å²) in [6.07, 6.45) is 15.4. The quantitative estimate of drug-likeness (QED) is 0.444. The van der Waals surface area contributed by atoms with Gasteiger partial charge in [0.25, 0.3) is 0 Å². The zero-order valence-electron chi connectivity index (χ0n) is 14.4. The Labute approximate surface area is 132 Å². The molecule has 2 aliphatic rings. The zero-order valence-corrected chi connectivity index (χ0v) is 14.4. The van der Waals surface area contributed by atoms with Gasteiger partial charge in [-0.25, -0.2) is 0 Å². The van der Waals surface area contributed by atoms with Crippen molar-refractivity contribution in [3.05, 3.63) is 0 Å². The molecule has 1 atom stereocenters. The maximum Gasteiger partial charge on any atom is 0.0781 e. The fourth-order valence-corrected chi connectivity index (χ4v) is 1.87. The number of ether oxygens (including phenoxy) is 2. The molecule has 3 nitrogen and oxygen atoms in total. The molecule has 2 aliphatic heterocycles. The lowest BCUT2D eigenvalue weighted by atomic mass is 10.1. The van der Waals surface area contributed by atoms with E-state index in [-0.39, 0.29) is 0 Å². The standard InChI is InChI=1S/C13H28O.C3H6O.C2H4O/c1-2-3-4-5-6-7-8-9-10-11-12-13-14;1-3-2-4-3;1-2-3-1/h14H,2-13H2,1H3;3H,2H2,1H3;1-2H2. The second-order valence-corrected chi connectivity index (χ2v) is 6.02. The van der Waals surface area contributed by atoms with Gasteiger partial charge in [0, 0.05) is 6.61 Å². The van der Waals surface area contributed by atoms with E-state index in [1.807, 2.05) is 0 Å². The molecule has 0 radical (unpaired) electrons. The number of hydrogen-bond acceptors (Lipinski definition) is 3. The first-order chi connectivity index (χ1) is 10.3. The van der Waals surface area contributed by atoms with Crippen molar-refractivity contribution in [2.45, 2.75) is 90.6 Å². The topological polar surface area (TPSA) is 45.3 Å². The first kappa shape index (κ1) is 20.9. The Morgan fingerprint density at radius 3 is 1.38 bits per heavy atom. The van der Waals surface area contributed by atoms with Crippen LogP contribution in [0.3, 0.4) is 0 Å². The van der Waals surface area contributed by atoms with Crippen LogP contribution in [0.25, 0.3) is 0 Å². The van der Waals surface area contributed by atoms with Crippen LogP contribution in [0.15, 0.2) is 0 Å². The zero-order chi connectivity index (χ0) is 15.6. The third kappa shape index (κ3) is 28.7. The molecule has 2 fully saturated rings. The van der Waals surface area contributed by atoms with Crippen LogP contribution >= 0.6 is 0 Å². The lowest BCUT2D eigenvalue weighted by molar-refractivity contribution is 0.282. The molecule has 0 aromatic heterocycles. The molecule has 3 heteroatoms. The van der Waals surface area contributed by atoms with Gasteiger partial charge in [-0.2, -0.15) is 0 Å². The number of epoxide rings is 2. The molecule has 0 saturated carbocycles. The summed E-state index contributed by atoms with van der Waals surface area (Å²) in [4.78, 5) is 0. The highest BCUT2D eigenvalue weighted by Crippen LogP contribution is 2.10. The van der Waals surface area contributed by atoms with Crippen LogP contribution in [-0.2, 0) is 9.47 Å². The van der Waals surface area contributed by atoms with Crippen molar-refractivity contribution in [1.29, 1.82) is 0 Å². The fraction of sp³-hybridized carbons (Fsp3) is 1.00. The van der Waals surface area contributed by atoms with Gasteiger partial charge in [0.2, 0.25) is 0 Å². The minimum atomic E-state index is 0.372. The van der Waals surface area contributed by atoms with Crippen LogP contribution in [0.2, 0.25) is 0 Å². The molecule has 2 rings (SSSR count). The van der Waals surface area contributed by atoms with Crippen molar-refractivity contribution in [2.24, 2.45) is 0 Å². The highest BCUT2D eigenvalue weighted by molar-refractivity contribution is 4.58. The van der Waals surface area contributed by atoms with Gasteiger partial charge >= 0.3 is 0 Å². The smallest absolute Gasteiger partial charge is 0.0781 e. The molecule has 0 bridgehead atoms. The van der Waals surface area contributed by atoms with Crippen LogP contribution < -0.4 is 0 Å². The third-order valence-corrected chi connectivity index (χ3v) is 3.47. The summed E-state index contributed by atoms with van der Waals surface area (Å²) in [5.74, 6) is 0. The maximum absolute atomic E-state index is 8.59. The Morgan fingerprint density at radius 1 is 0.810 bits per heavy atom. The summed E-state index contributed by atoms with van der Waals surface area (Å²) in [5.41, 5.74) is 0. The number of rotatable bonds is 11. The molecule has 2 heterocycles. The number of aliphatic hydroxyl groups is 1. The second-order valence-electron chi connectivity index (χ2n) is 6.02. The van der Waals surface area contributed by atoms with Gasteiger partial charge in [0.15, 0.2) is 0 Å². The van der Waals surface area contributed by atoms with Crippen molar-refractivity contribution in [2.75, 3.05) is 26.4 Å². The number of unbranched alkanes of at least 4 members (excludes halogenated alkanes) is 10. The summed E-state index contributed by atoms with van der Waals surface area (Å²) < 4.78 is 9.21. The first-order valence-corrected chi connectivity index (χ1v) is 9.11. The Kier molecular flexibility index (Phi) is 17.8. The van der Waals surface area contributed by atoms with Crippen molar-refractivity contribution < 1.29 is 14.6 Å². The highest BCUT2D eigenvalue weighted by Gasteiger charge is 2.13. The average molecular weight is 302 g/mol. The molecule has 0 aromatic carbocycles. The molecule has 0 amide bonds. The third-order valence-electron chi connectivity index (χ3n) is 3.47. The van der Waals surface area contributed by atoms with Gasteiger partial charge in [-0.1, -0.05) is 71.1 Å². The van der Waals surface area contributed by atoms with Gasteiger partial charge in [-0.3, -0.25) is 0 Å². The van der Waals surface area contributed by atoms with Crippen LogP contribution in [-0.4, -0.2) is 37.6 Å². The van der Waals surface area contributed by atoms with Crippen LogP contribution in [0.1, 0.15) is 84.5 Å². The number of aliphatic hydroxyl groups excluding tert-OH is 1. The monoisotopic (exact) mass is 302 g/mol. The molecule has 1 unspecified atom stereocenters. The normalized spacial score (nSPS) is 18.1. The van der Waals surface area contributed by atoms with Crippen molar-refractivity contribution in [3.8, 4) is 0 Å². The molecule has 1 N–H and O–H groups in total. The average Bonchev–Trinajstić information content (AvgIpc) is 3.36. The predicted octanol–water partition coefficient (Wildman–Crippen LogP) is 4.71. The van der Waals surface area contributed by atoms with E-state index in [0.717, 1.165) is 26.2 Å². The second kappa shape index (κ2) is 17.9. The Hall–Kier alpha value is -0.120. The van der Waals surface area contributed by atoms with Crippen molar-refractivity contribution in [1.82, 2.24) is 0 Å². The Bertz CT molecular complexity index is 165. The van der Waals surface area contributed by atoms with Crippen LogP contribution in [0.5, 0.6) is 0 Å². The van der Waals surface area contributed by atoms with Crippen molar-refractivity contribution in [3.63, 3.8) is 0 Å². The van der Waals surface area contributed by atoms with Gasteiger partial charge in [0.1, 0.15) is 0 Å². The molecule has 0 aliphatic carbocycles. The van der Waals surface area contributed by atoms with Crippen molar-refractivity contribution >= 4 is 0 Å². The minimum absolute atomic E-state index is 0.372. The van der Waals surface area contributed by atoms with E-state index in [0.29, 0.717) is 12.7 Å². The van der Waals surface area contributed by atoms with Gasteiger partial charge in [-0.15, -0.1) is 0 Å². The molecule has 0 aromatic rings. The SMILES string of the molecule is C1CO1.CC1CO1.CCCCCCCCCCCCCO. The van der Waals surface area contributed by atoms with E-state index in [1.165, 1.54) is 64.2 Å². The van der Waals surface area contributed by atoms with E-state index < -0.39 is 0 Å². The molecule has 21 heavy (non-hydrogen) atoms. The fourth-order valence-electron chi connectivity index (χ4n) is 1.87. The van der Waals surface area contributed by atoms with Gasteiger partial charge < -0.3 is 14.6 Å². The summed E-state index contributed by atoms with van der Waals surface area (Å²) in [5, 5.41) is 8.59. The molecular weight excluding hydrogens is 264 g/mol.